The van der Waals surface area contributed by atoms with Crippen molar-refractivity contribution in [2.75, 3.05) is 43.0 Å². The van der Waals surface area contributed by atoms with Crippen LogP contribution in [0.3, 0.4) is 0 Å². The lowest BCUT2D eigenvalue weighted by Crippen LogP contribution is -2.55. The van der Waals surface area contributed by atoms with Crippen molar-refractivity contribution in [2.45, 2.75) is 75.8 Å². The van der Waals surface area contributed by atoms with E-state index in [0.717, 1.165) is 38.0 Å². The van der Waals surface area contributed by atoms with Crippen molar-refractivity contribution in [3.63, 3.8) is 0 Å². The van der Waals surface area contributed by atoms with Gasteiger partial charge in [0.1, 0.15) is 6.04 Å². The quantitative estimate of drug-likeness (QED) is 0.329. The molecule has 2 bridgehead atoms. The minimum atomic E-state index is -0.634. The lowest BCUT2D eigenvalue weighted by molar-refractivity contribution is -0.139. The van der Waals surface area contributed by atoms with E-state index >= 15 is 0 Å². The number of nitrogens with one attached hydrogen (secondary N) is 2. The highest BCUT2D eigenvalue weighted by atomic mass is 32.2. The largest absolute Gasteiger partial charge is 0.396 e. The van der Waals surface area contributed by atoms with E-state index in [2.05, 4.69) is 36.3 Å². The highest BCUT2D eigenvalue weighted by Crippen LogP contribution is 2.68. The third kappa shape index (κ3) is 5.04. The molecule has 8 nitrogen and oxygen atoms in total. The van der Waals surface area contributed by atoms with Gasteiger partial charge in [-0.2, -0.15) is 0 Å². The molecule has 3 saturated heterocycles. The van der Waals surface area contributed by atoms with Gasteiger partial charge in [0.2, 0.25) is 17.7 Å². The zero-order valence-corrected chi connectivity index (χ0v) is 24.1. The Bertz CT molecular complexity index is 1000. The van der Waals surface area contributed by atoms with Crippen molar-refractivity contribution in [3.05, 3.63) is 24.3 Å². The molecule has 1 aromatic carbocycles. The zero-order valence-electron chi connectivity index (χ0n) is 23.2. The predicted octanol–water partition coefficient (Wildman–Crippen LogP) is 3.50. The molecule has 3 aliphatic rings. The number of thioether (sulfide) groups is 1. The van der Waals surface area contributed by atoms with Gasteiger partial charge in [-0.25, -0.2) is 0 Å². The number of hydrogen-bond acceptors (Lipinski definition) is 6. The van der Waals surface area contributed by atoms with Crippen LogP contribution in [-0.2, 0) is 14.4 Å². The Kier molecular flexibility index (Phi) is 9.29. The normalized spacial score (nSPS) is 29.4. The van der Waals surface area contributed by atoms with Gasteiger partial charge in [0.05, 0.1) is 16.6 Å². The molecule has 3 amide bonds. The van der Waals surface area contributed by atoms with E-state index in [-0.39, 0.29) is 35.5 Å². The van der Waals surface area contributed by atoms with Crippen molar-refractivity contribution in [3.8, 4) is 0 Å². The van der Waals surface area contributed by atoms with Gasteiger partial charge in [0.25, 0.3) is 0 Å². The van der Waals surface area contributed by atoms with Crippen molar-refractivity contribution in [1.29, 1.82) is 0 Å². The number of carbonyl (C=O) groups is 3. The van der Waals surface area contributed by atoms with Crippen LogP contribution in [0.5, 0.6) is 0 Å². The van der Waals surface area contributed by atoms with Crippen LogP contribution in [0, 0.1) is 17.8 Å². The maximum Gasteiger partial charge on any atom is 0.248 e. The average molecular weight is 545 g/mol. The summed E-state index contributed by atoms with van der Waals surface area (Å²) in [5, 5.41) is 15.4. The molecule has 210 valence electrons. The smallest absolute Gasteiger partial charge is 0.248 e. The fourth-order valence-corrected chi connectivity index (χ4v) is 9.27. The number of aliphatic hydroxyl groups excluding tert-OH is 1. The average Bonchev–Trinajstić information content (AvgIpc) is 3.50. The van der Waals surface area contributed by atoms with E-state index in [1.165, 1.54) is 0 Å². The summed E-state index contributed by atoms with van der Waals surface area (Å²) in [5.41, 5.74) is 1.81. The Morgan fingerprint density at radius 1 is 1.11 bits per heavy atom. The summed E-state index contributed by atoms with van der Waals surface area (Å²) in [7, 11) is 0. The number of likely N-dealkylation sites (tertiary alicyclic amines) is 1. The third-order valence-electron chi connectivity index (χ3n) is 8.67. The van der Waals surface area contributed by atoms with Crippen LogP contribution in [0.2, 0.25) is 0 Å². The molecule has 0 radical (unpaired) electrons. The highest BCUT2D eigenvalue weighted by Gasteiger charge is 2.75. The minimum absolute atomic E-state index is 0.0512. The molecule has 3 unspecified atom stereocenters. The monoisotopic (exact) mass is 544 g/mol. The van der Waals surface area contributed by atoms with Gasteiger partial charge in [-0.1, -0.05) is 13.8 Å². The number of amides is 3. The predicted molar refractivity (Wildman–Crippen MR) is 153 cm³/mol. The lowest BCUT2D eigenvalue weighted by Gasteiger charge is -2.38. The van der Waals surface area contributed by atoms with Crippen LogP contribution in [0.15, 0.2) is 24.3 Å². The number of unbranched alkanes of at least 4 members (excludes halogenated alkanes) is 2. The second-order valence-electron chi connectivity index (χ2n) is 10.9. The van der Waals surface area contributed by atoms with Gasteiger partial charge in [-0.05, 0) is 76.1 Å². The van der Waals surface area contributed by atoms with Crippen molar-refractivity contribution >= 4 is 40.9 Å². The highest BCUT2D eigenvalue weighted by molar-refractivity contribution is 8.02. The third-order valence-corrected chi connectivity index (χ3v) is 10.7. The first kappa shape index (κ1) is 28.7. The maximum absolute atomic E-state index is 14.0. The zero-order chi connectivity index (χ0) is 27.4. The van der Waals surface area contributed by atoms with Gasteiger partial charge in [-0.15, -0.1) is 11.8 Å². The molecule has 1 spiro atoms. The summed E-state index contributed by atoms with van der Waals surface area (Å²) in [6, 6.07) is 7.25. The SMILES string of the molecule is CCCNC(=O)[C@@H]1[C@@H]2CC(C)C3(S2)C(C(=O)Nc2ccc(N(CC)CC)cc2)N(CCCCCO)C(=O)[C@H]13. The van der Waals surface area contributed by atoms with Gasteiger partial charge < -0.3 is 25.5 Å². The maximum atomic E-state index is 14.0. The van der Waals surface area contributed by atoms with Crippen molar-refractivity contribution in [2.24, 2.45) is 17.8 Å². The molecule has 0 aromatic heterocycles. The summed E-state index contributed by atoms with van der Waals surface area (Å²) in [4.78, 5) is 45.3. The number of fused-ring (bicyclic) bond motifs is 1. The molecule has 3 N–H and O–H groups in total. The van der Waals surface area contributed by atoms with Crippen molar-refractivity contribution in [1.82, 2.24) is 10.2 Å². The van der Waals surface area contributed by atoms with Gasteiger partial charge >= 0.3 is 0 Å². The molecular weight excluding hydrogens is 500 g/mol. The van der Waals surface area contributed by atoms with Gasteiger partial charge in [0, 0.05) is 49.4 Å². The number of rotatable bonds is 13. The first-order chi connectivity index (χ1) is 18.3. The van der Waals surface area contributed by atoms with E-state index in [9.17, 15) is 19.5 Å². The molecule has 6 atom stereocenters. The number of benzene rings is 1. The number of nitrogens with zero attached hydrogens (tertiary/aromatic N) is 2. The van der Waals surface area contributed by atoms with Crippen LogP contribution < -0.4 is 15.5 Å². The summed E-state index contributed by atoms with van der Waals surface area (Å²) in [5.74, 6) is -1.04. The van der Waals surface area contributed by atoms with Crippen LogP contribution in [-0.4, -0.2) is 76.6 Å². The molecule has 0 aliphatic carbocycles. The lowest BCUT2D eigenvalue weighted by atomic mass is 9.66. The Hall–Kier alpha value is -2.26. The summed E-state index contributed by atoms with van der Waals surface area (Å²) >= 11 is 1.71. The number of anilines is 2. The van der Waals surface area contributed by atoms with Gasteiger partial charge in [0.15, 0.2) is 0 Å². The summed E-state index contributed by atoms with van der Waals surface area (Å²) < 4.78 is -0.613. The second-order valence-corrected chi connectivity index (χ2v) is 12.4. The standard InChI is InChI=1S/C29H44N4O4S/c1-5-15-30-26(35)23-22-18-19(4)29(38-22)24(23)28(37)33(16-9-8-10-17-34)25(29)27(36)31-20-11-13-21(14-12-20)32(6-2)7-3/h11-14,19,22-25,34H,5-10,15-18H2,1-4H3,(H,30,35)(H,31,36)/t19?,22-,23+,24-,25?,29?/m0/s1. The molecule has 3 aliphatic heterocycles. The Labute approximate surface area is 231 Å². The fraction of sp³-hybridized carbons (Fsp3) is 0.690. The number of aliphatic hydroxyl groups is 1. The van der Waals surface area contributed by atoms with E-state index in [4.69, 9.17) is 0 Å². The summed E-state index contributed by atoms with van der Waals surface area (Å²) in [6.45, 7) is 11.4. The first-order valence-electron chi connectivity index (χ1n) is 14.4. The number of hydrogen-bond donors (Lipinski definition) is 3. The van der Waals surface area contributed by atoms with Crippen LogP contribution in [0.25, 0.3) is 0 Å². The minimum Gasteiger partial charge on any atom is -0.396 e. The van der Waals surface area contributed by atoms with E-state index < -0.39 is 22.6 Å². The topological polar surface area (TPSA) is 102 Å². The van der Waals surface area contributed by atoms with E-state index in [1.807, 2.05) is 31.2 Å². The molecule has 9 heteroatoms. The second kappa shape index (κ2) is 12.3. The first-order valence-corrected chi connectivity index (χ1v) is 15.2. The molecular formula is C29H44N4O4S. The van der Waals surface area contributed by atoms with Gasteiger partial charge in [-0.3, -0.25) is 14.4 Å². The number of carbonyl (C=O) groups excluding carboxylic acids is 3. The van der Waals surface area contributed by atoms with E-state index in [0.29, 0.717) is 31.6 Å². The van der Waals surface area contributed by atoms with Crippen LogP contribution >= 0.6 is 11.8 Å². The summed E-state index contributed by atoms with van der Waals surface area (Å²) in [6.07, 6.45) is 3.84. The molecule has 1 aromatic rings. The Morgan fingerprint density at radius 3 is 2.45 bits per heavy atom. The van der Waals surface area contributed by atoms with Crippen LogP contribution in [0.4, 0.5) is 11.4 Å². The molecule has 4 rings (SSSR count). The van der Waals surface area contributed by atoms with Crippen molar-refractivity contribution < 1.29 is 19.5 Å². The Morgan fingerprint density at radius 2 is 1.82 bits per heavy atom. The Balaban J connectivity index is 1.62. The fourth-order valence-electron chi connectivity index (χ4n) is 6.85. The van der Waals surface area contributed by atoms with E-state index in [1.54, 1.807) is 16.7 Å². The molecule has 3 fully saturated rings. The van der Waals surface area contributed by atoms with Crippen LogP contribution in [0.1, 0.15) is 59.8 Å². The molecule has 38 heavy (non-hydrogen) atoms. The molecule has 3 heterocycles. The molecule has 0 saturated carbocycles.